The monoisotopic (exact) mass is 457 g/mol. The zero-order valence-corrected chi connectivity index (χ0v) is 19.1. The number of hydrogen-bond donors (Lipinski definition) is 1. The minimum absolute atomic E-state index is 0.383. The summed E-state index contributed by atoms with van der Waals surface area (Å²) in [6, 6.07) is 19.0. The first-order chi connectivity index (χ1) is 14.8. The zero-order valence-electron chi connectivity index (χ0n) is 17.3. The minimum atomic E-state index is -3.22. The fourth-order valence-corrected chi connectivity index (χ4v) is 12.6. The summed E-state index contributed by atoms with van der Waals surface area (Å²) in [7, 11) is -6.40. The molecule has 2 N–H and O–H groups in total. The summed E-state index contributed by atoms with van der Waals surface area (Å²) in [4.78, 5) is 12.1. The van der Waals surface area contributed by atoms with Gasteiger partial charge in [0, 0.05) is 5.31 Å². The van der Waals surface area contributed by atoms with E-state index in [-0.39, 0.29) is 6.10 Å². The molecule has 8 heteroatoms. The number of carbonyl (C=O) groups is 1. The van der Waals surface area contributed by atoms with Crippen LogP contribution in [0.2, 0.25) is 0 Å². The van der Waals surface area contributed by atoms with E-state index in [0.717, 1.165) is 11.1 Å². The second kappa shape index (κ2) is 7.28. The zero-order chi connectivity index (χ0) is 22.0. The average Bonchev–Trinajstić information content (AvgIpc) is 3.58. The van der Waals surface area contributed by atoms with Crippen LogP contribution in [0.4, 0.5) is 0 Å². The van der Waals surface area contributed by atoms with Crippen LogP contribution in [0, 0.1) is 5.92 Å². The van der Waals surface area contributed by atoms with Gasteiger partial charge in [0.1, 0.15) is 0 Å². The number of rotatable bonds is 7. The lowest BCUT2D eigenvalue weighted by Crippen LogP contribution is -2.29. The van der Waals surface area contributed by atoms with E-state index in [1.54, 1.807) is 6.08 Å². The topological polar surface area (TPSA) is 95.7 Å². The predicted molar refractivity (Wildman–Crippen MR) is 119 cm³/mol. The quantitative estimate of drug-likeness (QED) is 0.575. The normalized spacial score (nSPS) is 37.0. The third kappa shape index (κ3) is 3.29. The highest BCUT2D eigenvalue weighted by Crippen LogP contribution is 2.95. The molecule has 0 aromatic heterocycles. The molecule has 2 aromatic rings. The lowest BCUT2D eigenvalue weighted by molar-refractivity contribution is -0.120. The molecular formula is C23H25NO5P2. The second-order valence-corrected chi connectivity index (χ2v) is 13.7. The van der Waals surface area contributed by atoms with Crippen LogP contribution in [0.25, 0.3) is 0 Å². The molecule has 162 valence electrons. The molecule has 0 spiro atoms. The molecule has 0 radical (unpaired) electrons. The van der Waals surface area contributed by atoms with Gasteiger partial charge in [0.15, 0.2) is 0 Å². The number of hydrogen-bond acceptors (Lipinski definition) is 5. The van der Waals surface area contributed by atoms with Crippen molar-refractivity contribution in [2.45, 2.75) is 43.0 Å². The average molecular weight is 457 g/mol. The maximum Gasteiger partial charge on any atom is 0.237 e. The molecule has 6 nitrogen and oxygen atoms in total. The van der Waals surface area contributed by atoms with Crippen molar-refractivity contribution in [3.8, 4) is 0 Å². The second-order valence-electron chi connectivity index (χ2n) is 8.50. The fraction of sp³-hybridized carbons (Fsp3) is 0.348. The molecule has 8 unspecified atom stereocenters. The van der Waals surface area contributed by atoms with Gasteiger partial charge in [-0.25, -0.2) is 0 Å². The first-order valence-electron chi connectivity index (χ1n) is 10.4. The molecule has 2 aliphatic heterocycles. The number of carbonyl (C=O) groups excluding carboxylic acids is 1. The third-order valence-corrected chi connectivity index (χ3v) is 12.9. The predicted octanol–water partition coefficient (Wildman–Crippen LogP) is 5.23. The highest BCUT2D eigenvalue weighted by atomic mass is 31.2. The van der Waals surface area contributed by atoms with E-state index in [1.807, 2.05) is 74.5 Å². The summed E-state index contributed by atoms with van der Waals surface area (Å²) in [5.74, 6) is -1.30. The van der Waals surface area contributed by atoms with E-state index in [2.05, 4.69) is 0 Å². The smallest absolute Gasteiger partial charge is 0.237 e. The van der Waals surface area contributed by atoms with Gasteiger partial charge in [0.25, 0.3) is 0 Å². The van der Waals surface area contributed by atoms with E-state index in [9.17, 15) is 13.9 Å². The van der Waals surface area contributed by atoms with E-state index < -0.39 is 49.6 Å². The van der Waals surface area contributed by atoms with Crippen LogP contribution in [0.1, 0.15) is 37.2 Å². The summed E-state index contributed by atoms with van der Waals surface area (Å²) in [6.45, 7) is 3.69. The number of amides is 1. The maximum absolute atomic E-state index is 13.8. The van der Waals surface area contributed by atoms with Crippen LogP contribution in [-0.4, -0.2) is 22.9 Å². The van der Waals surface area contributed by atoms with Crippen molar-refractivity contribution >= 4 is 20.6 Å². The number of benzene rings is 2. The number of fused-ring (bicyclic) bond motifs is 3. The molecule has 2 saturated heterocycles. The van der Waals surface area contributed by atoms with Gasteiger partial charge in [0.05, 0.1) is 35.1 Å². The molecule has 3 aliphatic rings. The van der Waals surface area contributed by atoms with E-state index >= 15 is 0 Å². The van der Waals surface area contributed by atoms with Crippen LogP contribution in [0.3, 0.4) is 0 Å². The van der Waals surface area contributed by atoms with Gasteiger partial charge in [-0.1, -0.05) is 66.7 Å². The van der Waals surface area contributed by atoms with Crippen molar-refractivity contribution in [1.82, 2.24) is 0 Å². The molecule has 1 amide bonds. The lowest BCUT2D eigenvalue weighted by atomic mass is 9.96. The van der Waals surface area contributed by atoms with Crippen molar-refractivity contribution in [1.29, 1.82) is 0 Å². The molecular weight excluding hydrogens is 432 g/mol. The minimum Gasteiger partial charge on any atom is -0.369 e. The van der Waals surface area contributed by atoms with Gasteiger partial charge in [-0.05, 0) is 25.0 Å². The molecule has 31 heavy (non-hydrogen) atoms. The van der Waals surface area contributed by atoms with Crippen molar-refractivity contribution < 1.29 is 23.0 Å². The van der Waals surface area contributed by atoms with Crippen molar-refractivity contribution in [3.05, 3.63) is 83.2 Å². The SMILES string of the molecule is CC(OP1(=O)C2=CC(C(N)=O)C3C(C21)P3(=O)OC(C)c1ccccc1)c1ccccc1. The Morgan fingerprint density at radius 3 is 1.90 bits per heavy atom. The summed E-state index contributed by atoms with van der Waals surface area (Å²) < 4.78 is 39.7. The Labute approximate surface area is 181 Å². The van der Waals surface area contributed by atoms with Gasteiger partial charge < -0.3 is 14.8 Å². The van der Waals surface area contributed by atoms with E-state index in [1.165, 1.54) is 0 Å². The Bertz CT molecular complexity index is 1150. The summed E-state index contributed by atoms with van der Waals surface area (Å²) in [5, 5.41) is 0.592. The third-order valence-electron chi connectivity index (χ3n) is 6.60. The molecule has 0 bridgehead atoms. The van der Waals surface area contributed by atoms with Gasteiger partial charge >= 0.3 is 0 Å². The Morgan fingerprint density at radius 2 is 1.39 bits per heavy atom. The van der Waals surface area contributed by atoms with Gasteiger partial charge in [-0.15, -0.1) is 0 Å². The van der Waals surface area contributed by atoms with Crippen LogP contribution < -0.4 is 5.73 Å². The number of allylic oxidation sites excluding steroid dienone is 1. The molecule has 2 aromatic carbocycles. The van der Waals surface area contributed by atoms with Gasteiger partial charge in [0.2, 0.25) is 20.6 Å². The van der Waals surface area contributed by atoms with E-state index in [4.69, 9.17) is 14.8 Å². The lowest BCUT2D eigenvalue weighted by Gasteiger charge is -2.15. The van der Waals surface area contributed by atoms with Crippen molar-refractivity contribution in [2.24, 2.45) is 11.7 Å². The number of nitrogens with two attached hydrogens (primary N) is 1. The Morgan fingerprint density at radius 1 is 0.871 bits per heavy atom. The summed E-state index contributed by atoms with van der Waals surface area (Å²) in [6.07, 6.45) is 0.853. The highest BCUT2D eigenvalue weighted by Gasteiger charge is 2.82. The highest BCUT2D eigenvalue weighted by molar-refractivity contribution is 7.77. The molecule has 2 heterocycles. The summed E-state index contributed by atoms with van der Waals surface area (Å²) in [5.41, 5.74) is 6.01. The van der Waals surface area contributed by atoms with E-state index in [0.29, 0.717) is 5.31 Å². The van der Waals surface area contributed by atoms with Crippen LogP contribution in [0.5, 0.6) is 0 Å². The first-order valence-corrected chi connectivity index (χ1v) is 13.9. The van der Waals surface area contributed by atoms with Crippen LogP contribution in [-0.2, 0) is 23.0 Å². The standard InChI is InChI=1S/C23H25NO5P2/c1-14(16-9-5-3-6-10-16)28-30(26)19-13-18(23(24)25)20-22(21(19)30)31(20,27)29-15(2)17-11-7-4-8-12-17/h3-15,18,20-22H,1-2H3,(H2,24,25). The molecule has 0 saturated carbocycles. The van der Waals surface area contributed by atoms with Crippen LogP contribution >= 0.6 is 14.7 Å². The molecule has 2 fully saturated rings. The molecule has 1 aliphatic carbocycles. The Hall–Kier alpha value is -1.97. The largest absolute Gasteiger partial charge is 0.369 e. The number of primary amides is 1. The Balaban J connectivity index is 1.41. The maximum atomic E-state index is 13.8. The molecule has 5 rings (SSSR count). The van der Waals surface area contributed by atoms with Gasteiger partial charge in [-0.3, -0.25) is 13.9 Å². The first kappa shape index (κ1) is 20.9. The van der Waals surface area contributed by atoms with Gasteiger partial charge in [-0.2, -0.15) is 0 Å². The van der Waals surface area contributed by atoms with Crippen molar-refractivity contribution in [3.63, 3.8) is 0 Å². The molecule has 8 atom stereocenters. The van der Waals surface area contributed by atoms with Crippen LogP contribution in [0.15, 0.2) is 72.1 Å². The van der Waals surface area contributed by atoms with Crippen molar-refractivity contribution in [2.75, 3.05) is 0 Å². The fourth-order valence-electron chi connectivity index (χ4n) is 4.89. The summed E-state index contributed by atoms with van der Waals surface area (Å²) >= 11 is 0. The Kier molecular flexibility index (Phi) is 4.91.